The van der Waals surface area contributed by atoms with E-state index in [1.807, 2.05) is 19.2 Å². The maximum Gasteiger partial charge on any atom is 0.273 e. The average molecular weight is 384 g/mol. The molecule has 25 heavy (non-hydrogen) atoms. The van der Waals surface area contributed by atoms with E-state index in [9.17, 15) is 18.0 Å². The summed E-state index contributed by atoms with van der Waals surface area (Å²) in [6.07, 6.45) is 0.748. The van der Waals surface area contributed by atoms with Crippen LogP contribution in [0.5, 0.6) is 0 Å². The van der Waals surface area contributed by atoms with E-state index < -0.39 is 21.8 Å². The second kappa shape index (κ2) is 6.83. The lowest BCUT2D eigenvalue weighted by molar-refractivity contribution is -0.133. The highest BCUT2D eigenvalue weighted by atomic mass is 32.2. The zero-order valence-electron chi connectivity index (χ0n) is 14.1. The van der Waals surface area contributed by atoms with Crippen molar-refractivity contribution in [3.05, 3.63) is 11.1 Å². The number of hydrogen-bond acceptors (Lipinski definition) is 7. The number of hydrazone groups is 1. The molecular formula is C15H20N4O4S2. The van der Waals surface area contributed by atoms with Crippen LogP contribution in [0.25, 0.3) is 0 Å². The highest BCUT2D eigenvalue weighted by molar-refractivity contribution is 7.91. The Kier molecular flexibility index (Phi) is 4.92. The Morgan fingerprint density at radius 1 is 1.40 bits per heavy atom. The Morgan fingerprint density at radius 2 is 2.16 bits per heavy atom. The molecule has 0 spiro atoms. The van der Waals surface area contributed by atoms with Crippen molar-refractivity contribution in [3.63, 3.8) is 0 Å². The van der Waals surface area contributed by atoms with Gasteiger partial charge < -0.3 is 0 Å². The Hall–Kier alpha value is -1.81. The molecule has 1 atom stereocenters. The lowest BCUT2D eigenvalue weighted by atomic mass is 10.1. The maximum atomic E-state index is 12.4. The van der Waals surface area contributed by atoms with Crippen LogP contribution in [0.15, 0.2) is 10.5 Å². The first-order valence-electron chi connectivity index (χ1n) is 8.12. The Labute approximate surface area is 150 Å². The third-order valence-corrected chi connectivity index (χ3v) is 6.74. The van der Waals surface area contributed by atoms with Gasteiger partial charge in [-0.1, -0.05) is 13.8 Å². The lowest BCUT2D eigenvalue weighted by Crippen LogP contribution is -2.42. The summed E-state index contributed by atoms with van der Waals surface area (Å²) in [6.45, 7) is 4.04. The van der Waals surface area contributed by atoms with Crippen molar-refractivity contribution in [3.8, 4) is 0 Å². The molecule has 0 aliphatic carbocycles. The van der Waals surface area contributed by atoms with Gasteiger partial charge in [0.15, 0.2) is 15.0 Å². The molecule has 3 rings (SSSR count). The van der Waals surface area contributed by atoms with Crippen molar-refractivity contribution < 1.29 is 18.0 Å². The number of anilines is 1. The second-order valence-corrected chi connectivity index (χ2v) is 9.62. The minimum absolute atomic E-state index is 0.0512. The van der Waals surface area contributed by atoms with Gasteiger partial charge in [0.05, 0.1) is 23.2 Å². The molecule has 0 bridgehead atoms. The van der Waals surface area contributed by atoms with E-state index in [1.165, 1.54) is 16.3 Å². The molecular weight excluding hydrogens is 364 g/mol. The second-order valence-electron chi connectivity index (χ2n) is 6.53. The van der Waals surface area contributed by atoms with Gasteiger partial charge in [-0.3, -0.25) is 14.9 Å². The topological polar surface area (TPSA) is 109 Å². The standard InChI is InChI=1S/C15H20N4O4S2/c1-9(2)12-7-24-15(16-12)17-14(21)11-3-4-13(20)19(18-11)10-5-6-25(22,23)8-10/h7,9-10H,3-6,8H2,1-2H3,(H,16,17,21)/t10-/m0/s1. The molecule has 2 aliphatic heterocycles. The molecule has 0 aromatic carbocycles. The fraction of sp³-hybridized carbons (Fsp3) is 0.600. The van der Waals surface area contributed by atoms with Gasteiger partial charge >= 0.3 is 0 Å². The fourth-order valence-electron chi connectivity index (χ4n) is 2.77. The quantitative estimate of drug-likeness (QED) is 0.843. The molecule has 10 heteroatoms. The largest absolute Gasteiger partial charge is 0.297 e. The van der Waals surface area contributed by atoms with Crippen molar-refractivity contribution in [2.24, 2.45) is 5.10 Å². The van der Waals surface area contributed by atoms with E-state index in [2.05, 4.69) is 15.4 Å². The summed E-state index contributed by atoms with van der Waals surface area (Å²) < 4.78 is 23.3. The molecule has 2 amide bonds. The number of carbonyl (C=O) groups excluding carboxylic acids is 2. The van der Waals surface area contributed by atoms with Crippen LogP contribution in [0.4, 0.5) is 5.13 Å². The summed E-state index contributed by atoms with van der Waals surface area (Å²) in [5.41, 5.74) is 1.13. The molecule has 1 aromatic rings. The van der Waals surface area contributed by atoms with Crippen molar-refractivity contribution in [1.29, 1.82) is 0 Å². The predicted molar refractivity (Wildman–Crippen MR) is 95.4 cm³/mol. The van der Waals surface area contributed by atoms with Gasteiger partial charge in [0.1, 0.15) is 5.71 Å². The van der Waals surface area contributed by atoms with Gasteiger partial charge in [-0.2, -0.15) is 5.10 Å². The van der Waals surface area contributed by atoms with E-state index in [0.29, 0.717) is 11.6 Å². The van der Waals surface area contributed by atoms with Crippen molar-refractivity contribution >= 4 is 43.8 Å². The molecule has 136 valence electrons. The highest BCUT2D eigenvalue weighted by Gasteiger charge is 2.37. The van der Waals surface area contributed by atoms with Crippen LogP contribution in [0.1, 0.15) is 44.7 Å². The van der Waals surface area contributed by atoms with Gasteiger partial charge in [-0.15, -0.1) is 11.3 Å². The Balaban J connectivity index is 1.73. The van der Waals surface area contributed by atoms with E-state index in [4.69, 9.17) is 0 Å². The molecule has 0 saturated carbocycles. The number of sulfone groups is 1. The van der Waals surface area contributed by atoms with Crippen LogP contribution >= 0.6 is 11.3 Å². The molecule has 8 nitrogen and oxygen atoms in total. The Bertz CT molecular complexity index is 828. The summed E-state index contributed by atoms with van der Waals surface area (Å²) in [7, 11) is -3.13. The third-order valence-electron chi connectivity index (χ3n) is 4.21. The van der Waals surface area contributed by atoms with Crippen molar-refractivity contribution in [2.75, 3.05) is 16.8 Å². The van der Waals surface area contributed by atoms with Crippen molar-refractivity contribution in [2.45, 2.75) is 45.1 Å². The number of thiazole rings is 1. The summed E-state index contributed by atoms with van der Waals surface area (Å²) in [6, 6.07) is -0.479. The number of aromatic nitrogens is 1. The smallest absolute Gasteiger partial charge is 0.273 e. The normalized spacial score (nSPS) is 23.0. The van der Waals surface area contributed by atoms with E-state index >= 15 is 0 Å². The minimum atomic E-state index is -3.13. The van der Waals surface area contributed by atoms with Gasteiger partial charge in [0.25, 0.3) is 5.91 Å². The predicted octanol–water partition coefficient (Wildman–Crippen LogP) is 1.37. The van der Waals surface area contributed by atoms with Gasteiger partial charge in [0, 0.05) is 18.2 Å². The molecule has 1 fully saturated rings. The molecule has 1 saturated heterocycles. The van der Waals surface area contributed by atoms with Gasteiger partial charge in [0.2, 0.25) is 5.91 Å². The highest BCUT2D eigenvalue weighted by Crippen LogP contribution is 2.24. The minimum Gasteiger partial charge on any atom is -0.297 e. The lowest BCUT2D eigenvalue weighted by Gasteiger charge is -2.27. The van der Waals surface area contributed by atoms with Gasteiger partial charge in [-0.05, 0) is 12.3 Å². The summed E-state index contributed by atoms with van der Waals surface area (Å²) in [5.74, 6) is -0.416. The summed E-state index contributed by atoms with van der Waals surface area (Å²) >= 11 is 1.34. The molecule has 2 aliphatic rings. The van der Waals surface area contributed by atoms with Gasteiger partial charge in [-0.25, -0.2) is 18.4 Å². The molecule has 0 radical (unpaired) electrons. The molecule has 0 unspecified atom stereocenters. The van der Waals surface area contributed by atoms with Crippen molar-refractivity contribution in [1.82, 2.24) is 9.99 Å². The third kappa shape index (κ3) is 4.06. The maximum absolute atomic E-state index is 12.4. The summed E-state index contributed by atoms with van der Waals surface area (Å²) in [5, 5.41) is 10.4. The van der Waals surface area contributed by atoms with E-state index in [1.54, 1.807) is 0 Å². The van der Waals surface area contributed by atoms with E-state index in [-0.39, 0.29) is 41.9 Å². The number of hydrogen-bond donors (Lipinski definition) is 1. The van der Waals surface area contributed by atoms with Crippen LogP contribution in [0, 0.1) is 0 Å². The number of amides is 2. The first-order chi connectivity index (χ1) is 11.7. The van der Waals surface area contributed by atoms with Crippen LogP contribution < -0.4 is 5.32 Å². The molecule has 3 heterocycles. The first kappa shape index (κ1) is 18.0. The number of nitrogens with one attached hydrogen (secondary N) is 1. The SMILES string of the molecule is CC(C)c1csc(NC(=O)C2=NN([C@H]3CCS(=O)(=O)C3)C(=O)CC2)n1. The molecule has 1 aromatic heterocycles. The average Bonchev–Trinajstić information content (AvgIpc) is 3.14. The van der Waals surface area contributed by atoms with Crippen LogP contribution in [-0.2, 0) is 19.4 Å². The number of carbonyl (C=O) groups is 2. The fourth-order valence-corrected chi connectivity index (χ4v) is 5.33. The Morgan fingerprint density at radius 3 is 2.76 bits per heavy atom. The summed E-state index contributed by atoms with van der Waals surface area (Å²) in [4.78, 5) is 28.8. The van der Waals surface area contributed by atoms with E-state index in [0.717, 1.165) is 5.69 Å². The first-order valence-corrected chi connectivity index (χ1v) is 10.8. The monoisotopic (exact) mass is 384 g/mol. The number of nitrogens with zero attached hydrogens (tertiary/aromatic N) is 3. The van der Waals surface area contributed by atoms with Crippen LogP contribution in [0.3, 0.4) is 0 Å². The zero-order chi connectivity index (χ0) is 18.2. The van der Waals surface area contributed by atoms with Crippen LogP contribution in [-0.4, -0.2) is 53.5 Å². The molecule has 1 N–H and O–H groups in total. The van der Waals surface area contributed by atoms with Crippen LogP contribution in [0.2, 0.25) is 0 Å². The zero-order valence-corrected chi connectivity index (χ0v) is 15.7. The number of rotatable bonds is 4.